The van der Waals surface area contributed by atoms with Crippen LogP contribution in [0.2, 0.25) is 4.34 Å². The fourth-order valence-electron chi connectivity index (χ4n) is 1.38. The van der Waals surface area contributed by atoms with Gasteiger partial charge in [-0.15, -0.1) is 11.3 Å². The third-order valence-electron chi connectivity index (χ3n) is 2.27. The van der Waals surface area contributed by atoms with Crippen LogP contribution >= 0.6 is 22.9 Å². The number of rotatable bonds is 7. The van der Waals surface area contributed by atoms with Crippen molar-refractivity contribution in [3.63, 3.8) is 0 Å². The molecule has 8 heteroatoms. The minimum Gasteiger partial charge on any atom is -0.396 e. The first-order chi connectivity index (χ1) is 8.40. The molecule has 1 atom stereocenters. The van der Waals surface area contributed by atoms with Crippen LogP contribution < -0.4 is 4.72 Å². The van der Waals surface area contributed by atoms with Gasteiger partial charge in [0.25, 0.3) is 0 Å². The molecule has 0 aromatic carbocycles. The van der Waals surface area contributed by atoms with Crippen molar-refractivity contribution in [2.75, 3.05) is 20.3 Å². The molecule has 0 aliphatic carbocycles. The maximum atomic E-state index is 12.1. The average molecular weight is 314 g/mol. The molecule has 0 aliphatic heterocycles. The second-order valence-corrected chi connectivity index (χ2v) is 7.40. The van der Waals surface area contributed by atoms with Crippen LogP contribution in [0, 0.1) is 6.92 Å². The van der Waals surface area contributed by atoms with E-state index in [1.807, 2.05) is 0 Å². The van der Waals surface area contributed by atoms with Gasteiger partial charge in [-0.25, -0.2) is 13.1 Å². The first-order valence-corrected chi connectivity index (χ1v) is 7.96. The van der Waals surface area contributed by atoms with Crippen molar-refractivity contribution in [2.45, 2.75) is 23.6 Å². The quantitative estimate of drug-likeness (QED) is 0.797. The minimum atomic E-state index is -3.61. The highest BCUT2D eigenvalue weighted by Gasteiger charge is 2.22. The third-order valence-corrected chi connectivity index (χ3v) is 5.82. The fraction of sp³-hybridized carbons (Fsp3) is 0.600. The summed E-state index contributed by atoms with van der Waals surface area (Å²) in [5, 5.41) is 8.87. The van der Waals surface area contributed by atoms with Gasteiger partial charge in [-0.1, -0.05) is 11.6 Å². The van der Waals surface area contributed by atoms with Crippen molar-refractivity contribution >= 4 is 33.0 Å². The number of aryl methyl sites for hydroxylation is 1. The largest absolute Gasteiger partial charge is 0.396 e. The number of nitrogens with one attached hydrogen (secondary N) is 1. The summed E-state index contributed by atoms with van der Waals surface area (Å²) in [5.41, 5.74) is 0.729. The lowest BCUT2D eigenvalue weighted by Gasteiger charge is -2.16. The minimum absolute atomic E-state index is 0.110. The van der Waals surface area contributed by atoms with E-state index in [-0.39, 0.29) is 17.4 Å². The van der Waals surface area contributed by atoms with Crippen LogP contribution in [-0.2, 0) is 14.8 Å². The number of thiophene rings is 1. The lowest BCUT2D eigenvalue weighted by atomic mass is 10.2. The highest BCUT2D eigenvalue weighted by Crippen LogP contribution is 2.30. The van der Waals surface area contributed by atoms with Gasteiger partial charge in [-0.05, 0) is 25.0 Å². The van der Waals surface area contributed by atoms with Crippen LogP contribution in [0.1, 0.15) is 12.0 Å². The van der Waals surface area contributed by atoms with Gasteiger partial charge in [0.1, 0.15) is 4.21 Å². The highest BCUT2D eigenvalue weighted by molar-refractivity contribution is 7.91. The van der Waals surface area contributed by atoms with E-state index in [1.165, 1.54) is 13.2 Å². The Bertz CT molecular complexity index is 461. The number of ether oxygens (including phenoxy) is 1. The second-order valence-electron chi connectivity index (χ2n) is 3.81. The van der Waals surface area contributed by atoms with Crippen molar-refractivity contribution in [1.29, 1.82) is 0 Å². The zero-order valence-corrected chi connectivity index (χ0v) is 12.5. The van der Waals surface area contributed by atoms with Crippen molar-refractivity contribution < 1.29 is 18.3 Å². The van der Waals surface area contributed by atoms with E-state index in [0.717, 1.165) is 16.9 Å². The molecule has 0 fully saturated rings. The summed E-state index contributed by atoms with van der Waals surface area (Å²) in [6.07, 6.45) is 0.297. The van der Waals surface area contributed by atoms with Gasteiger partial charge in [0.2, 0.25) is 10.0 Å². The molecule has 0 radical (unpaired) electrons. The summed E-state index contributed by atoms with van der Waals surface area (Å²) in [4.78, 5) is 0. The van der Waals surface area contributed by atoms with Crippen LogP contribution in [0.3, 0.4) is 0 Å². The zero-order valence-electron chi connectivity index (χ0n) is 10.1. The van der Waals surface area contributed by atoms with Crippen molar-refractivity contribution in [3.8, 4) is 0 Å². The first-order valence-electron chi connectivity index (χ1n) is 5.28. The summed E-state index contributed by atoms with van der Waals surface area (Å²) in [7, 11) is -2.14. The van der Waals surface area contributed by atoms with E-state index >= 15 is 0 Å². The van der Waals surface area contributed by atoms with E-state index in [9.17, 15) is 8.42 Å². The normalized spacial score (nSPS) is 13.8. The molecule has 0 saturated carbocycles. The molecule has 1 aromatic rings. The van der Waals surface area contributed by atoms with Gasteiger partial charge in [-0.2, -0.15) is 0 Å². The molecule has 18 heavy (non-hydrogen) atoms. The molecule has 0 saturated heterocycles. The SMILES string of the molecule is COCC(CCO)NS(=O)(=O)c1cc(C)c(Cl)s1. The van der Waals surface area contributed by atoms with Crippen molar-refractivity contribution in [1.82, 2.24) is 4.72 Å². The number of sulfonamides is 1. The number of hydrogen-bond acceptors (Lipinski definition) is 5. The summed E-state index contributed by atoms with van der Waals surface area (Å²) in [6.45, 7) is 1.84. The molecule has 0 spiro atoms. The van der Waals surface area contributed by atoms with Gasteiger partial charge in [0.15, 0.2) is 0 Å². The maximum absolute atomic E-state index is 12.1. The average Bonchev–Trinajstić information content (AvgIpc) is 2.60. The molecule has 1 aromatic heterocycles. The molecule has 0 bridgehead atoms. The lowest BCUT2D eigenvalue weighted by Crippen LogP contribution is -2.38. The molecule has 0 aliphatic rings. The smallest absolute Gasteiger partial charge is 0.250 e. The van der Waals surface area contributed by atoms with E-state index in [4.69, 9.17) is 21.4 Å². The van der Waals surface area contributed by atoms with E-state index in [1.54, 1.807) is 6.92 Å². The topological polar surface area (TPSA) is 75.6 Å². The van der Waals surface area contributed by atoms with Gasteiger partial charge in [-0.3, -0.25) is 0 Å². The van der Waals surface area contributed by atoms with Crippen LogP contribution in [0.4, 0.5) is 0 Å². The van der Waals surface area contributed by atoms with Gasteiger partial charge in [0, 0.05) is 19.8 Å². The van der Waals surface area contributed by atoms with Gasteiger partial charge < -0.3 is 9.84 Å². The van der Waals surface area contributed by atoms with Crippen molar-refractivity contribution in [2.24, 2.45) is 0 Å². The second kappa shape index (κ2) is 6.83. The summed E-state index contributed by atoms with van der Waals surface area (Å²) in [6, 6.07) is 1.07. The number of aliphatic hydroxyl groups is 1. The molecule has 0 amide bonds. The van der Waals surface area contributed by atoms with Crippen LogP contribution in [0.15, 0.2) is 10.3 Å². The zero-order chi connectivity index (χ0) is 13.8. The standard InChI is InChI=1S/C10H16ClNO4S2/c1-7-5-9(17-10(7)11)18(14,15)12-8(3-4-13)6-16-2/h5,8,12-13H,3-4,6H2,1-2H3. The summed E-state index contributed by atoms with van der Waals surface area (Å²) >= 11 is 6.87. The third kappa shape index (κ3) is 4.18. The molecule has 104 valence electrons. The Morgan fingerprint density at radius 3 is 2.72 bits per heavy atom. The maximum Gasteiger partial charge on any atom is 0.250 e. The fourth-order valence-corrected chi connectivity index (χ4v) is 4.35. The van der Waals surface area contributed by atoms with Crippen molar-refractivity contribution in [3.05, 3.63) is 16.0 Å². The Hall–Kier alpha value is -0.180. The number of methoxy groups -OCH3 is 1. The summed E-state index contributed by atoms with van der Waals surface area (Å²) < 4.78 is 32.1. The predicted molar refractivity (Wildman–Crippen MR) is 71.8 cm³/mol. The summed E-state index contributed by atoms with van der Waals surface area (Å²) in [5.74, 6) is 0. The number of aliphatic hydroxyl groups excluding tert-OH is 1. The molecule has 5 nitrogen and oxygen atoms in total. The molecule has 1 rings (SSSR count). The lowest BCUT2D eigenvalue weighted by molar-refractivity contribution is 0.158. The van der Waals surface area contributed by atoms with Gasteiger partial charge in [0.05, 0.1) is 10.9 Å². The molecule has 1 unspecified atom stereocenters. The number of halogens is 1. The Labute approximate surface area is 116 Å². The van der Waals surface area contributed by atoms with Gasteiger partial charge >= 0.3 is 0 Å². The number of hydrogen-bond donors (Lipinski definition) is 2. The Morgan fingerprint density at radius 2 is 2.28 bits per heavy atom. The highest BCUT2D eigenvalue weighted by atomic mass is 35.5. The van der Waals surface area contributed by atoms with E-state index < -0.39 is 16.1 Å². The molecule has 1 heterocycles. The Balaban J connectivity index is 2.85. The Morgan fingerprint density at radius 1 is 1.61 bits per heavy atom. The van der Waals surface area contributed by atoms with E-state index in [2.05, 4.69) is 4.72 Å². The monoisotopic (exact) mass is 313 g/mol. The molecular weight excluding hydrogens is 298 g/mol. The Kier molecular flexibility index (Phi) is 6.03. The first kappa shape index (κ1) is 15.9. The van der Waals surface area contributed by atoms with E-state index in [0.29, 0.717) is 10.8 Å². The van der Waals surface area contributed by atoms with Crippen LogP contribution in [0.25, 0.3) is 0 Å². The molecule has 2 N–H and O–H groups in total. The predicted octanol–water partition coefficient (Wildman–Crippen LogP) is 1.39. The van der Waals surface area contributed by atoms with Crippen LogP contribution in [-0.4, -0.2) is 39.9 Å². The molecular formula is C10H16ClNO4S2. The van der Waals surface area contributed by atoms with Crippen LogP contribution in [0.5, 0.6) is 0 Å².